The van der Waals surface area contributed by atoms with Gasteiger partial charge in [-0.15, -0.1) is 0 Å². The van der Waals surface area contributed by atoms with Gasteiger partial charge in [0.2, 0.25) is 0 Å². The van der Waals surface area contributed by atoms with Gasteiger partial charge in [0.25, 0.3) is 5.78 Å². The summed E-state index contributed by atoms with van der Waals surface area (Å²) in [4.78, 5) is 29.6. The van der Waals surface area contributed by atoms with Crippen LogP contribution in [0, 0.1) is 18.8 Å². The summed E-state index contributed by atoms with van der Waals surface area (Å²) in [5.41, 5.74) is 6.78. The molecule has 0 aliphatic rings. The second-order valence-corrected chi connectivity index (χ2v) is 5.74. The molecular weight excluding hydrogens is 334 g/mol. The van der Waals surface area contributed by atoms with Crippen molar-refractivity contribution in [1.82, 2.24) is 19.6 Å². The summed E-state index contributed by atoms with van der Waals surface area (Å²) in [6, 6.07) is 9.21. The number of nitrogens with two attached hydrogens (primary N) is 1. The molecule has 0 amide bonds. The van der Waals surface area contributed by atoms with Crippen molar-refractivity contribution in [2.75, 3.05) is 5.73 Å². The molecule has 0 saturated heterocycles. The lowest BCUT2D eigenvalue weighted by Crippen LogP contribution is -2.25. The second-order valence-electron chi connectivity index (χ2n) is 5.74. The molecule has 8 nitrogen and oxygen atoms in total. The van der Waals surface area contributed by atoms with E-state index in [-0.39, 0.29) is 0 Å². The average molecular weight is 351 g/mol. The van der Waals surface area contributed by atoms with Crippen LogP contribution in [-0.2, 0) is 20.2 Å². The first-order valence-corrected chi connectivity index (χ1v) is 7.81. The first-order chi connectivity index (χ1) is 12.4. The van der Waals surface area contributed by atoms with Crippen LogP contribution in [0.4, 0.5) is 5.82 Å². The molecule has 0 bridgehead atoms. The van der Waals surface area contributed by atoms with E-state index >= 15 is 0 Å². The Balaban J connectivity index is 2.07. The van der Waals surface area contributed by atoms with Gasteiger partial charge in [-0.1, -0.05) is 42.2 Å². The van der Waals surface area contributed by atoms with Gasteiger partial charge < -0.3 is 5.73 Å². The molecule has 0 aliphatic carbocycles. The molecule has 1 atom stereocenters. The second kappa shape index (κ2) is 6.82. The van der Waals surface area contributed by atoms with Gasteiger partial charge in [0.1, 0.15) is 12.1 Å². The maximum absolute atomic E-state index is 11.2. The minimum Gasteiger partial charge on any atom is -0.382 e. The van der Waals surface area contributed by atoms with E-state index in [0.29, 0.717) is 22.9 Å². The van der Waals surface area contributed by atoms with Gasteiger partial charge in [0.15, 0.2) is 5.60 Å². The quantitative estimate of drug-likeness (QED) is 0.435. The van der Waals surface area contributed by atoms with Crippen LogP contribution in [0.3, 0.4) is 0 Å². The Morgan fingerprint density at radius 1 is 1.31 bits per heavy atom. The van der Waals surface area contributed by atoms with Crippen LogP contribution in [-0.4, -0.2) is 25.6 Å². The minimum absolute atomic E-state index is 0.320. The maximum Gasteiger partial charge on any atom is 0.339 e. The monoisotopic (exact) mass is 351 g/mol. The topological polar surface area (TPSA) is 105 Å². The van der Waals surface area contributed by atoms with E-state index in [1.807, 2.05) is 30.3 Å². The highest BCUT2D eigenvalue weighted by molar-refractivity contribution is 5.65. The van der Waals surface area contributed by atoms with E-state index in [1.54, 1.807) is 13.8 Å². The largest absolute Gasteiger partial charge is 0.382 e. The summed E-state index contributed by atoms with van der Waals surface area (Å²) in [6.45, 7) is 4.73. The molecule has 3 aromatic rings. The molecule has 2 N–H and O–H groups in total. The van der Waals surface area contributed by atoms with Crippen LogP contribution < -0.4 is 5.73 Å². The lowest BCUT2D eigenvalue weighted by atomic mass is 9.96. The number of anilines is 1. The number of hydrogen-bond donors (Lipinski definition) is 1. The number of nitrogens with zero attached hydrogens (tertiary/aromatic N) is 4. The number of benzene rings is 1. The van der Waals surface area contributed by atoms with Crippen molar-refractivity contribution >= 4 is 17.6 Å². The van der Waals surface area contributed by atoms with E-state index in [2.05, 4.69) is 26.9 Å². The van der Waals surface area contributed by atoms with E-state index in [4.69, 9.17) is 15.5 Å². The fourth-order valence-corrected chi connectivity index (χ4v) is 2.35. The Hall–Kier alpha value is -3.44. The van der Waals surface area contributed by atoms with Gasteiger partial charge in [-0.05, 0) is 19.4 Å². The van der Waals surface area contributed by atoms with Gasteiger partial charge in [-0.25, -0.2) is 9.78 Å². The van der Waals surface area contributed by atoms with Crippen LogP contribution in [0.1, 0.15) is 30.7 Å². The number of nitrogen functional groups attached to an aromatic ring is 1. The molecule has 132 valence electrons. The van der Waals surface area contributed by atoms with Gasteiger partial charge in [-0.3, -0.25) is 4.89 Å². The molecule has 26 heavy (non-hydrogen) atoms. The first-order valence-electron chi connectivity index (χ1n) is 7.81. The van der Waals surface area contributed by atoms with Crippen LogP contribution >= 0.6 is 0 Å². The van der Waals surface area contributed by atoms with Gasteiger partial charge in [0, 0.05) is 6.92 Å². The number of rotatable bonds is 3. The Labute approximate surface area is 149 Å². The molecule has 2 heterocycles. The molecule has 0 fully saturated rings. The zero-order valence-corrected chi connectivity index (χ0v) is 14.6. The highest BCUT2D eigenvalue weighted by Gasteiger charge is 2.28. The van der Waals surface area contributed by atoms with Gasteiger partial charge in [-0.2, -0.15) is 19.5 Å². The third-order valence-corrected chi connectivity index (χ3v) is 3.72. The molecule has 1 unspecified atom stereocenters. The number of aromatic nitrogens is 4. The van der Waals surface area contributed by atoms with E-state index in [9.17, 15) is 4.79 Å². The zero-order valence-electron chi connectivity index (χ0n) is 14.6. The fraction of sp³-hybridized carbons (Fsp3) is 0.222. The summed E-state index contributed by atoms with van der Waals surface area (Å²) in [7, 11) is 0. The Kier molecular flexibility index (Phi) is 4.56. The van der Waals surface area contributed by atoms with Crippen LogP contribution in [0.5, 0.6) is 0 Å². The van der Waals surface area contributed by atoms with Crippen molar-refractivity contribution < 1.29 is 14.6 Å². The molecule has 0 aliphatic heterocycles. The van der Waals surface area contributed by atoms with Crippen LogP contribution in [0.2, 0.25) is 0 Å². The summed E-state index contributed by atoms with van der Waals surface area (Å²) < 4.78 is 1.41. The standard InChI is InChI=1S/C18H17N5O3/c1-12-15(16(19)23-17(22-12)20-11-21-23)9-10-18(3,26-25-13(2)24)14-7-5-4-6-8-14/h4-8,11H,19H2,1-3H3. The number of hydrogen-bond acceptors (Lipinski definition) is 7. The third kappa shape index (κ3) is 3.34. The lowest BCUT2D eigenvalue weighted by molar-refractivity contribution is -0.316. The molecule has 2 aromatic heterocycles. The third-order valence-electron chi connectivity index (χ3n) is 3.72. The van der Waals surface area contributed by atoms with E-state index in [0.717, 1.165) is 5.56 Å². The van der Waals surface area contributed by atoms with Crippen LogP contribution in [0.15, 0.2) is 36.7 Å². The average Bonchev–Trinajstić information content (AvgIpc) is 3.09. The summed E-state index contributed by atoms with van der Waals surface area (Å²) in [6.07, 6.45) is 1.37. The summed E-state index contributed by atoms with van der Waals surface area (Å²) >= 11 is 0. The molecular formula is C18H17N5O3. The molecule has 0 saturated carbocycles. The Morgan fingerprint density at radius 3 is 2.73 bits per heavy atom. The Morgan fingerprint density at radius 2 is 2.04 bits per heavy atom. The normalized spacial score (nSPS) is 12.9. The van der Waals surface area contributed by atoms with Gasteiger partial charge in [0.05, 0.1) is 11.3 Å². The molecule has 0 radical (unpaired) electrons. The SMILES string of the molecule is CC(=O)OOC(C)(C#Cc1c(C)nc2ncnn2c1N)c1ccccc1. The smallest absolute Gasteiger partial charge is 0.339 e. The highest BCUT2D eigenvalue weighted by Crippen LogP contribution is 2.25. The highest BCUT2D eigenvalue weighted by atomic mass is 17.2. The zero-order chi connectivity index (χ0) is 18.7. The van der Waals surface area contributed by atoms with E-state index in [1.165, 1.54) is 17.8 Å². The number of fused-ring (bicyclic) bond motifs is 1. The van der Waals surface area contributed by atoms with Gasteiger partial charge >= 0.3 is 5.97 Å². The van der Waals surface area contributed by atoms with Crippen molar-refractivity contribution in [3.05, 3.63) is 53.5 Å². The van der Waals surface area contributed by atoms with Crippen molar-refractivity contribution in [3.8, 4) is 11.8 Å². The number of aryl methyl sites for hydroxylation is 1. The van der Waals surface area contributed by atoms with Crippen molar-refractivity contribution in [2.24, 2.45) is 0 Å². The summed E-state index contributed by atoms with van der Waals surface area (Å²) in [5, 5.41) is 4.03. The predicted molar refractivity (Wildman–Crippen MR) is 93.5 cm³/mol. The maximum atomic E-state index is 11.2. The van der Waals surface area contributed by atoms with Crippen LogP contribution in [0.25, 0.3) is 5.78 Å². The Bertz CT molecular complexity index is 1020. The molecule has 3 rings (SSSR count). The van der Waals surface area contributed by atoms with Crippen molar-refractivity contribution in [2.45, 2.75) is 26.4 Å². The minimum atomic E-state index is -1.19. The predicted octanol–water partition coefficient (Wildman–Crippen LogP) is 1.78. The molecule has 8 heteroatoms. The first kappa shape index (κ1) is 17.4. The van der Waals surface area contributed by atoms with Crippen molar-refractivity contribution in [3.63, 3.8) is 0 Å². The molecule has 1 aromatic carbocycles. The fourth-order valence-electron chi connectivity index (χ4n) is 2.35. The lowest BCUT2D eigenvalue weighted by Gasteiger charge is -2.22. The van der Waals surface area contributed by atoms with E-state index < -0.39 is 11.6 Å². The number of carbonyl (C=O) groups is 1. The molecule has 0 spiro atoms. The summed E-state index contributed by atoms with van der Waals surface area (Å²) in [5.74, 6) is 6.12. The number of carbonyl (C=O) groups excluding carboxylic acids is 1. The van der Waals surface area contributed by atoms with Crippen molar-refractivity contribution in [1.29, 1.82) is 0 Å².